The number of thiophene rings is 1. The average Bonchev–Trinajstić information content (AvgIpc) is 3.08. The molecule has 0 aliphatic carbocycles. The molecule has 1 aromatic heterocycles. The highest BCUT2D eigenvalue weighted by molar-refractivity contribution is 7.16. The van der Waals surface area contributed by atoms with E-state index in [2.05, 4.69) is 5.32 Å². The number of ether oxygens (including phenoxy) is 5. The lowest BCUT2D eigenvalue weighted by Crippen LogP contribution is -2.22. The molecule has 0 aliphatic heterocycles. The molecule has 0 radical (unpaired) electrons. The minimum Gasteiger partial charge on any atom is -0.493 e. The van der Waals surface area contributed by atoms with Crippen LogP contribution in [0.5, 0.6) is 17.2 Å². The van der Waals surface area contributed by atoms with Gasteiger partial charge in [0.25, 0.3) is 5.91 Å². The number of rotatable bonds is 11. The van der Waals surface area contributed by atoms with Gasteiger partial charge in [0.2, 0.25) is 5.75 Å². The van der Waals surface area contributed by atoms with Crippen molar-refractivity contribution < 1.29 is 38.1 Å². The van der Waals surface area contributed by atoms with Crippen molar-refractivity contribution in [2.24, 2.45) is 0 Å². The number of benzene rings is 1. The van der Waals surface area contributed by atoms with Crippen LogP contribution in [0, 0.1) is 13.8 Å². The lowest BCUT2D eigenvalue weighted by atomic mass is 10.1. The Kier molecular flexibility index (Phi) is 9.53. The van der Waals surface area contributed by atoms with Crippen molar-refractivity contribution in [3.8, 4) is 17.2 Å². The first-order valence-electron chi connectivity index (χ1n) is 10.3. The number of carbonyl (C=O) groups excluding carboxylic acids is 3. The molecule has 0 bridgehead atoms. The second kappa shape index (κ2) is 12.1. The van der Waals surface area contributed by atoms with Gasteiger partial charge in [-0.25, -0.2) is 4.79 Å². The maximum atomic E-state index is 12.3. The number of hydrogen-bond acceptors (Lipinski definition) is 9. The van der Waals surface area contributed by atoms with Crippen LogP contribution in [0.4, 0.5) is 5.00 Å². The van der Waals surface area contributed by atoms with Gasteiger partial charge in [-0.15, -0.1) is 11.3 Å². The number of nitrogens with one attached hydrogen (secondary N) is 1. The summed E-state index contributed by atoms with van der Waals surface area (Å²) < 4.78 is 26.1. The fraction of sp³-hybridized carbons (Fsp3) is 0.435. The topological polar surface area (TPSA) is 109 Å². The first kappa shape index (κ1) is 26.0. The van der Waals surface area contributed by atoms with Crippen molar-refractivity contribution in [3.05, 3.63) is 33.7 Å². The molecule has 2 rings (SSSR count). The Labute approximate surface area is 196 Å². The Bertz CT molecular complexity index is 989. The van der Waals surface area contributed by atoms with Gasteiger partial charge in [-0.05, 0) is 50.5 Å². The standard InChI is InChI=1S/C23H29NO8S/c1-7-31-23(27)20-13(2)14(3)33-22(20)24-18(25)12-32-19(26)9-8-15-10-16(28-4)21(30-6)17(11-15)29-5/h10-11H,7-9,12H2,1-6H3,(H,24,25). The van der Waals surface area contributed by atoms with Gasteiger partial charge in [0, 0.05) is 11.3 Å². The molecule has 1 amide bonds. The number of carbonyl (C=O) groups is 3. The molecule has 1 N–H and O–H groups in total. The molecule has 33 heavy (non-hydrogen) atoms. The van der Waals surface area contributed by atoms with Crippen LogP contribution < -0.4 is 19.5 Å². The first-order chi connectivity index (χ1) is 15.7. The molecule has 1 aromatic carbocycles. The van der Waals surface area contributed by atoms with Gasteiger partial charge in [0.05, 0.1) is 33.5 Å². The normalized spacial score (nSPS) is 10.4. The van der Waals surface area contributed by atoms with Gasteiger partial charge in [0.1, 0.15) is 5.00 Å². The minimum atomic E-state index is -0.539. The van der Waals surface area contributed by atoms with E-state index in [0.717, 1.165) is 16.0 Å². The predicted octanol–water partition coefficient (Wildman–Crippen LogP) is 3.68. The number of methoxy groups -OCH3 is 3. The Hall–Kier alpha value is -3.27. The highest BCUT2D eigenvalue weighted by Gasteiger charge is 2.22. The van der Waals surface area contributed by atoms with Crippen LogP contribution in [0.25, 0.3) is 0 Å². The molecule has 0 atom stereocenters. The van der Waals surface area contributed by atoms with Gasteiger partial charge in [-0.3, -0.25) is 9.59 Å². The highest BCUT2D eigenvalue weighted by Crippen LogP contribution is 2.38. The van der Waals surface area contributed by atoms with E-state index in [4.69, 9.17) is 23.7 Å². The first-order valence-corrected chi connectivity index (χ1v) is 11.1. The average molecular weight is 480 g/mol. The maximum absolute atomic E-state index is 12.3. The minimum absolute atomic E-state index is 0.0528. The fourth-order valence-electron chi connectivity index (χ4n) is 3.07. The number of aryl methyl sites for hydroxylation is 2. The largest absolute Gasteiger partial charge is 0.493 e. The quantitative estimate of drug-likeness (QED) is 0.486. The van der Waals surface area contributed by atoms with E-state index in [0.29, 0.717) is 34.2 Å². The summed E-state index contributed by atoms with van der Waals surface area (Å²) in [7, 11) is 4.53. The fourth-order valence-corrected chi connectivity index (χ4v) is 4.14. The Morgan fingerprint density at radius 1 is 0.970 bits per heavy atom. The van der Waals surface area contributed by atoms with Gasteiger partial charge in [0.15, 0.2) is 18.1 Å². The summed E-state index contributed by atoms with van der Waals surface area (Å²) in [4.78, 5) is 37.6. The molecule has 0 spiro atoms. The third-order valence-corrected chi connectivity index (χ3v) is 5.95. The lowest BCUT2D eigenvalue weighted by molar-refractivity contribution is -0.147. The molecule has 1 heterocycles. The van der Waals surface area contributed by atoms with Gasteiger partial charge in [-0.1, -0.05) is 0 Å². The summed E-state index contributed by atoms with van der Waals surface area (Å²) >= 11 is 1.27. The zero-order valence-electron chi connectivity index (χ0n) is 19.7. The van der Waals surface area contributed by atoms with Crippen LogP contribution in [0.2, 0.25) is 0 Å². The van der Waals surface area contributed by atoms with Crippen molar-refractivity contribution in [2.45, 2.75) is 33.6 Å². The number of hydrogen-bond donors (Lipinski definition) is 1. The molecule has 0 saturated carbocycles. The molecule has 9 nitrogen and oxygen atoms in total. The molecule has 0 aliphatic rings. The Morgan fingerprint density at radius 2 is 1.61 bits per heavy atom. The van der Waals surface area contributed by atoms with E-state index in [-0.39, 0.29) is 13.0 Å². The van der Waals surface area contributed by atoms with Crippen LogP contribution in [-0.2, 0) is 25.5 Å². The Morgan fingerprint density at radius 3 is 2.15 bits per heavy atom. The second-order valence-corrected chi connectivity index (χ2v) is 8.18. The van der Waals surface area contributed by atoms with Crippen molar-refractivity contribution in [2.75, 3.05) is 39.9 Å². The molecular weight excluding hydrogens is 450 g/mol. The molecular formula is C23H29NO8S. The van der Waals surface area contributed by atoms with Gasteiger partial charge < -0.3 is 29.0 Å². The van der Waals surface area contributed by atoms with E-state index in [1.165, 1.54) is 32.7 Å². The zero-order chi connectivity index (χ0) is 24.5. The van der Waals surface area contributed by atoms with Crippen LogP contribution >= 0.6 is 11.3 Å². The number of amides is 1. The van der Waals surface area contributed by atoms with E-state index in [9.17, 15) is 14.4 Å². The van der Waals surface area contributed by atoms with E-state index < -0.39 is 24.5 Å². The Balaban J connectivity index is 1.94. The van der Waals surface area contributed by atoms with Crippen LogP contribution in [0.3, 0.4) is 0 Å². The number of anilines is 1. The third kappa shape index (κ3) is 6.61. The number of esters is 2. The second-order valence-electron chi connectivity index (χ2n) is 6.95. The maximum Gasteiger partial charge on any atom is 0.341 e. The van der Waals surface area contributed by atoms with Crippen LogP contribution in [0.1, 0.15) is 39.7 Å². The zero-order valence-corrected chi connectivity index (χ0v) is 20.5. The summed E-state index contributed by atoms with van der Waals surface area (Å²) in [6.07, 6.45) is 0.407. The van der Waals surface area contributed by atoms with Crippen molar-refractivity contribution in [3.63, 3.8) is 0 Å². The van der Waals surface area contributed by atoms with Gasteiger partial charge in [-0.2, -0.15) is 0 Å². The third-order valence-electron chi connectivity index (χ3n) is 4.82. The molecule has 2 aromatic rings. The van der Waals surface area contributed by atoms with Crippen molar-refractivity contribution in [1.29, 1.82) is 0 Å². The predicted molar refractivity (Wildman–Crippen MR) is 124 cm³/mol. The molecule has 0 saturated heterocycles. The van der Waals surface area contributed by atoms with E-state index in [1.54, 1.807) is 26.0 Å². The molecule has 10 heteroatoms. The van der Waals surface area contributed by atoms with Crippen molar-refractivity contribution in [1.82, 2.24) is 0 Å². The van der Waals surface area contributed by atoms with Crippen LogP contribution in [-0.4, -0.2) is 52.4 Å². The lowest BCUT2D eigenvalue weighted by Gasteiger charge is -2.14. The van der Waals surface area contributed by atoms with Crippen LogP contribution in [0.15, 0.2) is 12.1 Å². The molecule has 0 fully saturated rings. The monoisotopic (exact) mass is 479 g/mol. The van der Waals surface area contributed by atoms with Crippen molar-refractivity contribution >= 4 is 34.2 Å². The smallest absolute Gasteiger partial charge is 0.341 e. The summed E-state index contributed by atoms with van der Waals surface area (Å²) in [6, 6.07) is 3.50. The highest BCUT2D eigenvalue weighted by atomic mass is 32.1. The SMILES string of the molecule is CCOC(=O)c1c(NC(=O)COC(=O)CCc2cc(OC)c(OC)c(OC)c2)sc(C)c1C. The summed E-state index contributed by atoms with van der Waals surface area (Å²) in [5.41, 5.74) is 1.85. The van der Waals surface area contributed by atoms with Gasteiger partial charge >= 0.3 is 11.9 Å². The summed E-state index contributed by atoms with van der Waals surface area (Å²) in [6.45, 7) is 5.11. The van der Waals surface area contributed by atoms with E-state index in [1.807, 2.05) is 6.92 Å². The molecule has 0 unspecified atom stereocenters. The summed E-state index contributed by atoms with van der Waals surface area (Å²) in [5, 5.41) is 3.01. The summed E-state index contributed by atoms with van der Waals surface area (Å²) in [5.74, 6) is -0.149. The molecule has 180 valence electrons. The van der Waals surface area contributed by atoms with E-state index >= 15 is 0 Å².